The van der Waals surface area contributed by atoms with E-state index in [1.165, 1.54) is 28.8 Å². The molecule has 1 aromatic heterocycles. The van der Waals surface area contributed by atoms with E-state index in [-0.39, 0.29) is 5.82 Å². The molecule has 0 bridgehead atoms. The van der Waals surface area contributed by atoms with Crippen molar-refractivity contribution < 1.29 is 4.39 Å². The van der Waals surface area contributed by atoms with Crippen molar-refractivity contribution >= 4 is 34.6 Å². The molecule has 0 spiro atoms. The van der Waals surface area contributed by atoms with E-state index in [0.717, 1.165) is 16.9 Å². The van der Waals surface area contributed by atoms with Crippen molar-refractivity contribution in [3.63, 3.8) is 0 Å². The van der Waals surface area contributed by atoms with Gasteiger partial charge in [0, 0.05) is 35.7 Å². The molecular weight excluding hydrogens is 465 g/mol. The summed E-state index contributed by atoms with van der Waals surface area (Å²) in [7, 11) is 0. The zero-order valence-electron chi connectivity index (χ0n) is 19.3. The van der Waals surface area contributed by atoms with Crippen molar-refractivity contribution in [2.75, 3.05) is 5.32 Å². The Morgan fingerprint density at radius 2 is 1.76 bits per heavy atom. The fourth-order valence-electron chi connectivity index (χ4n) is 3.86. The van der Waals surface area contributed by atoms with Gasteiger partial charge in [-0.05, 0) is 78.7 Å². The second-order valence-corrected chi connectivity index (χ2v) is 9.18. The van der Waals surface area contributed by atoms with Crippen molar-refractivity contribution in [3.8, 4) is 0 Å². The standard InChI is InChI=1S/C28H27ClFN3S/c1-20-8-6-12-27(21(20)2)31-28(34)33(17-22-9-4-3-5-10-22)19-25-11-7-15-32(25)18-23-13-14-24(30)16-26(23)29/h3-16H,17-19H2,1-2H3,(H,31,34). The van der Waals surface area contributed by atoms with Crippen molar-refractivity contribution in [2.45, 2.75) is 33.5 Å². The Morgan fingerprint density at radius 3 is 2.53 bits per heavy atom. The van der Waals surface area contributed by atoms with Gasteiger partial charge in [0.15, 0.2) is 5.11 Å². The van der Waals surface area contributed by atoms with Crippen LogP contribution in [0, 0.1) is 19.7 Å². The zero-order valence-corrected chi connectivity index (χ0v) is 20.8. The van der Waals surface area contributed by atoms with Crippen LogP contribution in [-0.4, -0.2) is 14.6 Å². The molecule has 0 atom stereocenters. The van der Waals surface area contributed by atoms with Crippen LogP contribution in [0.5, 0.6) is 0 Å². The van der Waals surface area contributed by atoms with Crippen LogP contribution >= 0.6 is 23.8 Å². The fraction of sp³-hybridized carbons (Fsp3) is 0.179. The first-order valence-electron chi connectivity index (χ1n) is 11.1. The Bertz CT molecular complexity index is 1290. The second-order valence-electron chi connectivity index (χ2n) is 8.38. The van der Waals surface area contributed by atoms with E-state index in [9.17, 15) is 4.39 Å². The summed E-state index contributed by atoms with van der Waals surface area (Å²) in [6.07, 6.45) is 2.01. The average molecular weight is 492 g/mol. The van der Waals surface area contributed by atoms with E-state index in [1.54, 1.807) is 6.07 Å². The van der Waals surface area contributed by atoms with Gasteiger partial charge in [0.05, 0.1) is 6.54 Å². The Morgan fingerprint density at radius 1 is 0.971 bits per heavy atom. The summed E-state index contributed by atoms with van der Waals surface area (Å²) in [5.41, 5.74) is 6.53. The number of benzene rings is 3. The molecule has 174 valence electrons. The van der Waals surface area contributed by atoms with Crippen molar-refractivity contribution in [1.29, 1.82) is 0 Å². The summed E-state index contributed by atoms with van der Waals surface area (Å²) in [6, 6.07) is 25.1. The summed E-state index contributed by atoms with van der Waals surface area (Å²) in [6.45, 7) is 6.02. The van der Waals surface area contributed by atoms with Gasteiger partial charge in [-0.25, -0.2) is 4.39 Å². The third-order valence-corrected chi connectivity index (χ3v) is 6.69. The molecule has 3 nitrogen and oxygen atoms in total. The molecule has 0 aliphatic carbocycles. The summed E-state index contributed by atoms with van der Waals surface area (Å²) >= 11 is 12.2. The summed E-state index contributed by atoms with van der Waals surface area (Å²) in [5, 5.41) is 4.54. The molecule has 0 saturated carbocycles. The van der Waals surface area contributed by atoms with Crippen LogP contribution in [0.3, 0.4) is 0 Å². The molecule has 0 saturated heterocycles. The molecule has 0 amide bonds. The van der Waals surface area contributed by atoms with Crippen LogP contribution in [0.4, 0.5) is 10.1 Å². The van der Waals surface area contributed by atoms with Crippen LogP contribution < -0.4 is 5.32 Å². The largest absolute Gasteiger partial charge is 0.345 e. The molecule has 1 heterocycles. The monoisotopic (exact) mass is 491 g/mol. The van der Waals surface area contributed by atoms with Gasteiger partial charge < -0.3 is 14.8 Å². The lowest BCUT2D eigenvalue weighted by Crippen LogP contribution is -2.34. The highest BCUT2D eigenvalue weighted by Crippen LogP contribution is 2.22. The molecule has 4 aromatic rings. The topological polar surface area (TPSA) is 20.2 Å². The average Bonchev–Trinajstić information content (AvgIpc) is 3.25. The van der Waals surface area contributed by atoms with Gasteiger partial charge in [-0.3, -0.25) is 0 Å². The van der Waals surface area contributed by atoms with Crippen LogP contribution in [0.25, 0.3) is 0 Å². The molecule has 0 aliphatic heterocycles. The predicted molar refractivity (Wildman–Crippen MR) is 143 cm³/mol. The van der Waals surface area contributed by atoms with Crippen molar-refractivity contribution in [2.24, 2.45) is 0 Å². The number of anilines is 1. The van der Waals surface area contributed by atoms with Gasteiger partial charge in [-0.2, -0.15) is 0 Å². The highest BCUT2D eigenvalue weighted by atomic mass is 35.5. The number of aromatic nitrogens is 1. The normalized spacial score (nSPS) is 10.8. The second kappa shape index (κ2) is 10.9. The van der Waals surface area contributed by atoms with Gasteiger partial charge in [0.1, 0.15) is 5.82 Å². The van der Waals surface area contributed by atoms with E-state index in [4.69, 9.17) is 23.8 Å². The first-order valence-corrected chi connectivity index (χ1v) is 11.9. The molecular formula is C28H27ClFN3S. The molecule has 0 radical (unpaired) electrons. The maximum absolute atomic E-state index is 13.5. The minimum absolute atomic E-state index is 0.335. The van der Waals surface area contributed by atoms with Gasteiger partial charge in [0.25, 0.3) is 0 Å². The molecule has 6 heteroatoms. The summed E-state index contributed by atoms with van der Waals surface area (Å²) in [5.74, 6) is -0.335. The molecule has 4 rings (SSSR count). The highest BCUT2D eigenvalue weighted by Gasteiger charge is 2.15. The molecule has 3 aromatic carbocycles. The number of hydrogen-bond acceptors (Lipinski definition) is 1. The Kier molecular flexibility index (Phi) is 7.66. The lowest BCUT2D eigenvalue weighted by Gasteiger charge is -2.27. The lowest BCUT2D eigenvalue weighted by atomic mass is 10.1. The molecule has 0 unspecified atom stereocenters. The Hall–Kier alpha value is -3.15. The number of rotatable bonds is 7. The van der Waals surface area contributed by atoms with Crippen LogP contribution in [0.2, 0.25) is 5.02 Å². The first-order chi connectivity index (χ1) is 16.4. The number of thiocarbonyl (C=S) groups is 1. The van der Waals surface area contributed by atoms with E-state index in [0.29, 0.717) is 29.8 Å². The lowest BCUT2D eigenvalue weighted by molar-refractivity contribution is 0.399. The number of nitrogens with zero attached hydrogens (tertiary/aromatic N) is 2. The number of hydrogen-bond donors (Lipinski definition) is 1. The highest BCUT2D eigenvalue weighted by molar-refractivity contribution is 7.80. The predicted octanol–water partition coefficient (Wildman–Crippen LogP) is 7.34. The Labute approximate surface area is 210 Å². The maximum atomic E-state index is 13.5. The SMILES string of the molecule is Cc1cccc(NC(=S)N(Cc2ccccc2)Cc2cccn2Cc2ccc(F)cc2Cl)c1C. The maximum Gasteiger partial charge on any atom is 0.174 e. The summed E-state index contributed by atoms with van der Waals surface area (Å²) < 4.78 is 15.6. The van der Waals surface area contributed by atoms with E-state index >= 15 is 0 Å². The minimum atomic E-state index is -0.335. The molecule has 0 fully saturated rings. The third-order valence-electron chi connectivity index (χ3n) is 5.98. The first kappa shape index (κ1) is 24.0. The quantitative estimate of drug-likeness (QED) is 0.273. The third kappa shape index (κ3) is 5.85. The number of nitrogens with one attached hydrogen (secondary N) is 1. The van der Waals surface area contributed by atoms with E-state index in [2.05, 4.69) is 59.0 Å². The van der Waals surface area contributed by atoms with E-state index < -0.39 is 0 Å². The van der Waals surface area contributed by atoms with E-state index in [1.807, 2.05) is 36.5 Å². The van der Waals surface area contributed by atoms with Crippen LogP contribution in [0.15, 0.2) is 85.1 Å². The fourth-order valence-corrected chi connectivity index (χ4v) is 4.33. The molecule has 34 heavy (non-hydrogen) atoms. The molecule has 0 aliphatic rings. The van der Waals surface area contributed by atoms with Crippen LogP contribution in [0.1, 0.15) is 27.9 Å². The smallest absolute Gasteiger partial charge is 0.174 e. The number of aryl methyl sites for hydroxylation is 1. The van der Waals surface area contributed by atoms with Gasteiger partial charge in [0.2, 0.25) is 0 Å². The van der Waals surface area contributed by atoms with Gasteiger partial charge >= 0.3 is 0 Å². The summed E-state index contributed by atoms with van der Waals surface area (Å²) in [4.78, 5) is 2.16. The van der Waals surface area contributed by atoms with Gasteiger partial charge in [-0.1, -0.05) is 60.1 Å². The van der Waals surface area contributed by atoms with Crippen molar-refractivity contribution in [1.82, 2.24) is 9.47 Å². The van der Waals surface area contributed by atoms with Crippen molar-refractivity contribution in [3.05, 3.63) is 124 Å². The zero-order chi connectivity index (χ0) is 24.1. The Balaban J connectivity index is 1.58. The minimum Gasteiger partial charge on any atom is -0.345 e. The van der Waals surface area contributed by atoms with Crippen LogP contribution in [-0.2, 0) is 19.6 Å². The molecule has 1 N–H and O–H groups in total. The van der Waals surface area contributed by atoms with Gasteiger partial charge in [-0.15, -0.1) is 0 Å². The number of halogens is 2.